The molecule has 4 aromatic heterocycles. The molecule has 45 heavy (non-hydrogen) atoms. The van der Waals surface area contributed by atoms with E-state index in [2.05, 4.69) is 108 Å². The van der Waals surface area contributed by atoms with Gasteiger partial charge in [0.05, 0.1) is 27.9 Å². The third-order valence-electron chi connectivity index (χ3n) is 8.41. The van der Waals surface area contributed by atoms with Crippen LogP contribution in [0.4, 0.5) is 0 Å². The van der Waals surface area contributed by atoms with Crippen molar-refractivity contribution >= 4 is 38.5 Å². The summed E-state index contributed by atoms with van der Waals surface area (Å²) in [6.45, 7) is 0. The number of pyridine rings is 2. The molecule has 5 heteroatoms. The number of hydrogen-bond acceptors (Lipinski definition) is 4. The zero-order valence-electron chi connectivity index (χ0n) is 24.2. The third-order valence-corrected chi connectivity index (χ3v) is 8.41. The van der Waals surface area contributed by atoms with E-state index in [9.17, 15) is 0 Å². The molecule has 0 spiro atoms. The number of aromatic nitrogens is 5. The van der Waals surface area contributed by atoms with Gasteiger partial charge in [-0.15, -0.1) is 0 Å². The fraction of sp³-hybridized carbons (Fsp3) is 0. The molecule has 0 N–H and O–H groups in total. The van der Waals surface area contributed by atoms with Gasteiger partial charge < -0.3 is 0 Å². The van der Waals surface area contributed by atoms with E-state index in [0.29, 0.717) is 5.82 Å². The van der Waals surface area contributed by atoms with Gasteiger partial charge in [0.1, 0.15) is 11.2 Å². The lowest BCUT2D eigenvalue weighted by Crippen LogP contribution is -1.96. The minimum Gasteiger partial charge on any atom is -0.298 e. The van der Waals surface area contributed by atoms with E-state index in [4.69, 9.17) is 19.9 Å². The summed E-state index contributed by atoms with van der Waals surface area (Å²) in [6.07, 6.45) is 2.06. The molecule has 0 aliphatic heterocycles. The Morgan fingerprint density at radius 3 is 1.87 bits per heavy atom. The van der Waals surface area contributed by atoms with Crippen molar-refractivity contribution in [1.29, 1.82) is 0 Å². The molecule has 210 valence electrons. The van der Waals surface area contributed by atoms with Crippen molar-refractivity contribution in [3.63, 3.8) is 0 Å². The fourth-order valence-corrected chi connectivity index (χ4v) is 6.24. The van der Waals surface area contributed by atoms with Gasteiger partial charge in [0.15, 0.2) is 5.82 Å². The second-order valence-corrected chi connectivity index (χ2v) is 11.2. The summed E-state index contributed by atoms with van der Waals surface area (Å²) >= 11 is 0. The van der Waals surface area contributed by atoms with Crippen molar-refractivity contribution in [3.8, 4) is 45.0 Å². The summed E-state index contributed by atoms with van der Waals surface area (Å²) in [6, 6.07) is 49.9. The molecule has 0 aliphatic rings. The molecule has 0 atom stereocenters. The summed E-state index contributed by atoms with van der Waals surface area (Å²) in [5, 5.41) is 2.06. The zero-order valence-corrected chi connectivity index (χ0v) is 24.2. The maximum atomic E-state index is 5.16. The molecule has 4 heterocycles. The van der Waals surface area contributed by atoms with Gasteiger partial charge in [-0.3, -0.25) is 4.40 Å². The summed E-state index contributed by atoms with van der Waals surface area (Å²) < 4.78 is 2.13. The number of fused-ring (bicyclic) bond motifs is 6. The van der Waals surface area contributed by atoms with Gasteiger partial charge in [-0.25, -0.2) is 19.9 Å². The van der Waals surface area contributed by atoms with E-state index in [-0.39, 0.29) is 0 Å². The Morgan fingerprint density at radius 2 is 1.04 bits per heavy atom. The fourth-order valence-electron chi connectivity index (χ4n) is 6.24. The Bertz CT molecular complexity index is 2530. The first kappa shape index (κ1) is 25.3. The maximum Gasteiger partial charge on any atom is 0.160 e. The normalized spacial score (nSPS) is 11.6. The van der Waals surface area contributed by atoms with Gasteiger partial charge in [-0.1, -0.05) is 115 Å². The molecule has 9 aromatic rings. The summed E-state index contributed by atoms with van der Waals surface area (Å²) in [4.78, 5) is 20.3. The topological polar surface area (TPSA) is 56.0 Å². The average molecular weight is 576 g/mol. The third kappa shape index (κ3) is 4.25. The average Bonchev–Trinajstić information content (AvgIpc) is 3.51. The van der Waals surface area contributed by atoms with Crippen LogP contribution in [0.1, 0.15) is 0 Å². The Kier molecular flexibility index (Phi) is 5.74. The van der Waals surface area contributed by atoms with Crippen molar-refractivity contribution < 1.29 is 0 Å². The Balaban J connectivity index is 1.19. The summed E-state index contributed by atoms with van der Waals surface area (Å²) in [7, 11) is 0. The van der Waals surface area contributed by atoms with Crippen molar-refractivity contribution in [1.82, 2.24) is 24.3 Å². The van der Waals surface area contributed by atoms with Gasteiger partial charge in [0.2, 0.25) is 0 Å². The van der Waals surface area contributed by atoms with Gasteiger partial charge >= 0.3 is 0 Å². The van der Waals surface area contributed by atoms with E-state index in [0.717, 1.165) is 72.1 Å². The van der Waals surface area contributed by atoms with Crippen LogP contribution in [0.2, 0.25) is 0 Å². The first-order chi connectivity index (χ1) is 22.3. The van der Waals surface area contributed by atoms with E-state index in [1.165, 1.54) is 5.56 Å². The monoisotopic (exact) mass is 575 g/mol. The van der Waals surface area contributed by atoms with E-state index < -0.39 is 0 Å². The van der Waals surface area contributed by atoms with Crippen LogP contribution in [-0.2, 0) is 0 Å². The highest BCUT2D eigenvalue weighted by Gasteiger charge is 2.17. The van der Waals surface area contributed by atoms with Gasteiger partial charge in [-0.05, 0) is 41.5 Å². The van der Waals surface area contributed by atoms with Crippen molar-refractivity contribution in [3.05, 3.63) is 152 Å². The molecule has 0 saturated heterocycles. The van der Waals surface area contributed by atoms with Crippen LogP contribution in [-0.4, -0.2) is 24.3 Å². The largest absolute Gasteiger partial charge is 0.298 e. The maximum absolute atomic E-state index is 5.16. The number of imidazole rings is 1. The molecule has 0 amide bonds. The lowest BCUT2D eigenvalue weighted by Gasteiger charge is -2.12. The van der Waals surface area contributed by atoms with Crippen LogP contribution in [0.15, 0.2) is 152 Å². The molecule has 0 fully saturated rings. The minimum absolute atomic E-state index is 0.703. The van der Waals surface area contributed by atoms with Gasteiger partial charge in [0, 0.05) is 33.7 Å². The zero-order chi connectivity index (χ0) is 29.7. The first-order valence-corrected chi connectivity index (χ1v) is 15.0. The quantitative estimate of drug-likeness (QED) is 0.210. The van der Waals surface area contributed by atoms with Gasteiger partial charge in [0.25, 0.3) is 0 Å². The van der Waals surface area contributed by atoms with Crippen LogP contribution in [0, 0.1) is 0 Å². The molecule has 0 bridgehead atoms. The van der Waals surface area contributed by atoms with Crippen LogP contribution >= 0.6 is 0 Å². The van der Waals surface area contributed by atoms with Crippen molar-refractivity contribution in [2.45, 2.75) is 0 Å². The molecule has 0 radical (unpaired) electrons. The number of rotatable bonds is 4. The molecular weight excluding hydrogens is 550 g/mol. The molecule has 0 unspecified atom stereocenters. The number of nitrogens with zero attached hydrogens (tertiary/aromatic N) is 5. The number of benzene rings is 5. The smallest absolute Gasteiger partial charge is 0.160 e. The van der Waals surface area contributed by atoms with Crippen LogP contribution in [0.3, 0.4) is 0 Å². The first-order valence-electron chi connectivity index (χ1n) is 15.0. The predicted octanol–water partition coefficient (Wildman–Crippen LogP) is 9.65. The molecule has 9 rings (SSSR count). The Morgan fingerprint density at radius 1 is 0.400 bits per heavy atom. The highest BCUT2D eigenvalue weighted by Crippen LogP contribution is 2.35. The standard InChI is InChI=1S/C40H25N5/c1-2-11-26(12-3-1)29-13-10-14-30(25-29)40-42-34-18-7-4-15-31(34)36(44-40)27-20-22-28(23-21-27)37-39-38(32-16-5-6-17-33(32)41-37)43-35-19-8-9-24-45(35)39/h1-25H. The Hall–Kier alpha value is -6.20. The van der Waals surface area contributed by atoms with Crippen LogP contribution in [0.25, 0.3) is 83.5 Å². The molecular formula is C40H25N5. The summed E-state index contributed by atoms with van der Waals surface area (Å²) in [5.41, 5.74) is 11.8. The second kappa shape index (κ2) is 10.2. The molecule has 5 nitrogen and oxygen atoms in total. The van der Waals surface area contributed by atoms with Crippen molar-refractivity contribution in [2.24, 2.45) is 0 Å². The van der Waals surface area contributed by atoms with Gasteiger partial charge in [-0.2, -0.15) is 0 Å². The molecule has 0 aliphatic carbocycles. The lowest BCUT2D eigenvalue weighted by molar-refractivity contribution is 1.22. The van der Waals surface area contributed by atoms with E-state index in [1.807, 2.05) is 48.5 Å². The molecule has 5 aromatic carbocycles. The summed E-state index contributed by atoms with van der Waals surface area (Å²) in [5.74, 6) is 0.703. The highest BCUT2D eigenvalue weighted by molar-refractivity contribution is 6.09. The number of para-hydroxylation sites is 2. The van der Waals surface area contributed by atoms with Crippen LogP contribution in [0.5, 0.6) is 0 Å². The Labute approximate surface area is 259 Å². The van der Waals surface area contributed by atoms with E-state index in [1.54, 1.807) is 0 Å². The van der Waals surface area contributed by atoms with Crippen molar-refractivity contribution in [2.75, 3.05) is 0 Å². The lowest BCUT2D eigenvalue weighted by atomic mass is 10.0. The van der Waals surface area contributed by atoms with Crippen LogP contribution < -0.4 is 0 Å². The van der Waals surface area contributed by atoms with E-state index >= 15 is 0 Å². The second-order valence-electron chi connectivity index (χ2n) is 11.2. The SMILES string of the molecule is c1ccc(-c2cccc(-c3nc(-c4ccc(-c5nc6ccccc6c6nc7ccccn7c56)cc4)c4ccccc4n3)c2)cc1. The molecule has 0 saturated carbocycles. The minimum atomic E-state index is 0.703. The predicted molar refractivity (Wildman–Crippen MR) is 183 cm³/mol. The number of hydrogen-bond donors (Lipinski definition) is 0. The highest BCUT2D eigenvalue weighted by atomic mass is 15.0.